The van der Waals surface area contributed by atoms with E-state index in [0.29, 0.717) is 18.9 Å². The van der Waals surface area contributed by atoms with Gasteiger partial charge in [-0.2, -0.15) is 0 Å². The summed E-state index contributed by atoms with van der Waals surface area (Å²) in [5.74, 6) is -1.04. The number of hydrogen-bond acceptors (Lipinski definition) is 8. The summed E-state index contributed by atoms with van der Waals surface area (Å²) in [6.07, 6.45) is 2.37. The average Bonchev–Trinajstić information content (AvgIpc) is 3.06. The molecule has 0 amide bonds. The van der Waals surface area contributed by atoms with Gasteiger partial charge in [-0.3, -0.25) is 0 Å². The summed E-state index contributed by atoms with van der Waals surface area (Å²) in [5.41, 5.74) is 11.8. The van der Waals surface area contributed by atoms with E-state index in [1.54, 1.807) is 0 Å². The number of carbonyl (C=O) groups excluding carboxylic acids is 2. The van der Waals surface area contributed by atoms with Crippen LogP contribution in [0.3, 0.4) is 0 Å². The molecule has 138 valence electrons. The predicted molar refractivity (Wildman–Crippen MR) is 90.6 cm³/mol. The van der Waals surface area contributed by atoms with Crippen LogP contribution in [0, 0.1) is 0 Å². The Bertz CT molecular complexity index is 634. The van der Waals surface area contributed by atoms with Gasteiger partial charge >= 0.3 is 11.9 Å². The Kier molecular flexibility index (Phi) is 6.60. The Labute approximate surface area is 146 Å². The van der Waals surface area contributed by atoms with Crippen molar-refractivity contribution in [2.75, 3.05) is 33.1 Å². The summed E-state index contributed by atoms with van der Waals surface area (Å²) in [5, 5.41) is 0. The molecule has 1 aromatic rings. The third-order valence-electron chi connectivity index (χ3n) is 4.08. The molecule has 0 heterocycles. The van der Waals surface area contributed by atoms with Crippen molar-refractivity contribution in [2.45, 2.75) is 31.5 Å². The van der Waals surface area contributed by atoms with E-state index in [9.17, 15) is 9.59 Å². The first-order chi connectivity index (χ1) is 12.0. The number of esters is 2. The zero-order chi connectivity index (χ0) is 18.4. The molecular formula is C17H24N2O6. The summed E-state index contributed by atoms with van der Waals surface area (Å²) >= 11 is 0. The molecule has 0 aliphatic heterocycles. The van der Waals surface area contributed by atoms with Crippen molar-refractivity contribution in [2.24, 2.45) is 5.73 Å². The van der Waals surface area contributed by atoms with E-state index >= 15 is 0 Å². The lowest BCUT2D eigenvalue weighted by Gasteiger charge is -2.23. The minimum absolute atomic E-state index is 0.0292. The van der Waals surface area contributed by atoms with Crippen LogP contribution in [0.2, 0.25) is 0 Å². The smallest absolute Gasteiger partial charge is 0.338 e. The molecule has 1 aromatic carbocycles. The Morgan fingerprint density at radius 2 is 1.68 bits per heavy atom. The fourth-order valence-electron chi connectivity index (χ4n) is 2.86. The SMILES string of the molecule is COC(=O)c1cc(N)c(O[C@H]2CCC[C@H]2OCCN)cc1C(=O)OC. The third-order valence-corrected chi connectivity index (χ3v) is 4.08. The fraction of sp³-hybridized carbons (Fsp3) is 0.529. The normalized spacial score (nSPS) is 19.5. The molecule has 2 rings (SSSR count). The van der Waals surface area contributed by atoms with Crippen LogP contribution in [0.1, 0.15) is 40.0 Å². The summed E-state index contributed by atoms with van der Waals surface area (Å²) in [4.78, 5) is 23.9. The Balaban J connectivity index is 2.28. The second-order valence-electron chi connectivity index (χ2n) is 5.70. The van der Waals surface area contributed by atoms with Gasteiger partial charge in [-0.25, -0.2) is 9.59 Å². The van der Waals surface area contributed by atoms with Gasteiger partial charge in [0, 0.05) is 6.54 Å². The summed E-state index contributed by atoms with van der Waals surface area (Å²) < 4.78 is 21.1. The minimum atomic E-state index is -0.677. The van der Waals surface area contributed by atoms with Crippen molar-refractivity contribution in [3.63, 3.8) is 0 Å². The summed E-state index contributed by atoms with van der Waals surface area (Å²) in [7, 11) is 2.45. The second-order valence-corrected chi connectivity index (χ2v) is 5.70. The first kappa shape index (κ1) is 19.0. The van der Waals surface area contributed by atoms with E-state index in [1.807, 2.05) is 0 Å². The zero-order valence-electron chi connectivity index (χ0n) is 14.4. The number of ether oxygens (including phenoxy) is 4. The summed E-state index contributed by atoms with van der Waals surface area (Å²) in [6, 6.07) is 2.77. The quantitative estimate of drug-likeness (QED) is 0.553. The van der Waals surface area contributed by atoms with Gasteiger partial charge in [0.1, 0.15) is 11.9 Å². The van der Waals surface area contributed by atoms with Gasteiger partial charge in [0.25, 0.3) is 0 Å². The number of nitrogens with two attached hydrogens (primary N) is 2. The van der Waals surface area contributed by atoms with Crippen molar-refractivity contribution in [1.82, 2.24) is 0 Å². The van der Waals surface area contributed by atoms with Crippen LogP contribution < -0.4 is 16.2 Å². The topological polar surface area (TPSA) is 123 Å². The van der Waals surface area contributed by atoms with Crippen molar-refractivity contribution in [1.29, 1.82) is 0 Å². The van der Waals surface area contributed by atoms with Crippen molar-refractivity contribution in [3.8, 4) is 5.75 Å². The number of nitrogen functional groups attached to an aromatic ring is 1. The molecule has 0 radical (unpaired) electrons. The van der Waals surface area contributed by atoms with Crippen LogP contribution in [0.4, 0.5) is 5.69 Å². The fourth-order valence-corrected chi connectivity index (χ4v) is 2.86. The first-order valence-corrected chi connectivity index (χ1v) is 8.10. The largest absolute Gasteiger partial charge is 0.486 e. The van der Waals surface area contributed by atoms with Crippen molar-refractivity contribution in [3.05, 3.63) is 23.3 Å². The maximum atomic E-state index is 12.0. The van der Waals surface area contributed by atoms with E-state index in [-0.39, 0.29) is 29.0 Å². The predicted octanol–water partition coefficient (Wildman–Crippen LogP) is 1.12. The number of hydrogen-bond donors (Lipinski definition) is 2. The van der Waals surface area contributed by atoms with Crippen molar-refractivity contribution >= 4 is 17.6 Å². The van der Waals surface area contributed by atoms with Crippen LogP contribution >= 0.6 is 0 Å². The molecule has 0 bridgehead atoms. The monoisotopic (exact) mass is 352 g/mol. The van der Waals surface area contributed by atoms with E-state index in [0.717, 1.165) is 19.3 Å². The highest BCUT2D eigenvalue weighted by molar-refractivity contribution is 6.04. The van der Waals surface area contributed by atoms with E-state index in [4.69, 9.17) is 25.7 Å². The molecule has 0 saturated heterocycles. The number of methoxy groups -OCH3 is 2. The van der Waals surface area contributed by atoms with Gasteiger partial charge in [0.15, 0.2) is 0 Å². The van der Waals surface area contributed by atoms with Gasteiger partial charge in [-0.05, 0) is 31.4 Å². The molecule has 2 atom stereocenters. The number of anilines is 1. The third kappa shape index (κ3) is 4.40. The molecule has 1 aliphatic rings. The van der Waals surface area contributed by atoms with Gasteiger partial charge in [0.2, 0.25) is 0 Å². The number of benzene rings is 1. The van der Waals surface area contributed by atoms with E-state index in [1.165, 1.54) is 26.4 Å². The van der Waals surface area contributed by atoms with Gasteiger partial charge < -0.3 is 30.4 Å². The molecule has 1 saturated carbocycles. The lowest BCUT2D eigenvalue weighted by Crippen LogP contribution is -2.30. The van der Waals surface area contributed by atoms with Gasteiger partial charge in [-0.15, -0.1) is 0 Å². The molecule has 8 heteroatoms. The second kappa shape index (κ2) is 8.68. The molecular weight excluding hydrogens is 328 g/mol. The minimum Gasteiger partial charge on any atom is -0.486 e. The molecule has 4 N–H and O–H groups in total. The molecule has 1 aliphatic carbocycles. The van der Waals surface area contributed by atoms with Gasteiger partial charge in [0.05, 0.1) is 43.7 Å². The van der Waals surface area contributed by atoms with Crippen molar-refractivity contribution < 1.29 is 28.5 Å². The van der Waals surface area contributed by atoms with Crippen LogP contribution in [0.15, 0.2) is 12.1 Å². The van der Waals surface area contributed by atoms with Crippen LogP contribution in [-0.2, 0) is 14.2 Å². The van der Waals surface area contributed by atoms with Crippen LogP contribution in [0.25, 0.3) is 0 Å². The Morgan fingerprint density at radius 3 is 2.28 bits per heavy atom. The highest BCUT2D eigenvalue weighted by atomic mass is 16.5. The van der Waals surface area contributed by atoms with Gasteiger partial charge in [-0.1, -0.05) is 0 Å². The molecule has 8 nitrogen and oxygen atoms in total. The van der Waals surface area contributed by atoms with Crippen LogP contribution in [0.5, 0.6) is 5.75 Å². The highest BCUT2D eigenvalue weighted by Gasteiger charge is 2.31. The molecule has 0 unspecified atom stereocenters. The van der Waals surface area contributed by atoms with Crippen LogP contribution in [-0.4, -0.2) is 51.5 Å². The van der Waals surface area contributed by atoms with E-state index < -0.39 is 11.9 Å². The molecule has 0 aromatic heterocycles. The Hall–Kier alpha value is -2.32. The standard InChI is InChI=1S/C17H24N2O6/c1-22-16(20)10-8-12(19)15(9-11(10)17(21)23-2)25-14-5-3-4-13(14)24-7-6-18/h8-9,13-14H,3-7,18-19H2,1-2H3/t13-,14+/m1/s1. The molecule has 0 spiro atoms. The maximum Gasteiger partial charge on any atom is 0.338 e. The molecule has 25 heavy (non-hydrogen) atoms. The number of rotatable bonds is 7. The lowest BCUT2D eigenvalue weighted by atomic mass is 10.1. The maximum absolute atomic E-state index is 12.0. The highest BCUT2D eigenvalue weighted by Crippen LogP contribution is 2.32. The first-order valence-electron chi connectivity index (χ1n) is 8.10. The average molecular weight is 352 g/mol. The van der Waals surface area contributed by atoms with E-state index in [2.05, 4.69) is 4.74 Å². The summed E-state index contributed by atoms with van der Waals surface area (Å²) in [6.45, 7) is 0.889. The zero-order valence-corrected chi connectivity index (χ0v) is 14.4. The molecule has 1 fully saturated rings. The lowest BCUT2D eigenvalue weighted by molar-refractivity contribution is -0.00393. The number of carbonyl (C=O) groups is 2. The Morgan fingerprint density at radius 1 is 1.08 bits per heavy atom.